The van der Waals surface area contributed by atoms with E-state index in [4.69, 9.17) is 10.7 Å². The minimum atomic E-state index is -0.603. The Morgan fingerprint density at radius 2 is 1.82 bits per heavy atom. The van der Waals surface area contributed by atoms with Crippen LogP contribution in [0.1, 0.15) is 73.6 Å². The lowest BCUT2D eigenvalue weighted by atomic mass is 9.93. The Bertz CT molecular complexity index is 1150. The van der Waals surface area contributed by atoms with E-state index in [0.717, 1.165) is 69.8 Å². The Kier molecular flexibility index (Phi) is 9.39. The van der Waals surface area contributed by atoms with E-state index >= 15 is 0 Å². The zero-order chi connectivity index (χ0) is 28.1. The third-order valence-corrected chi connectivity index (χ3v) is 8.73. The van der Waals surface area contributed by atoms with Crippen LogP contribution < -0.4 is 26.6 Å². The molecule has 0 atom stereocenters. The first kappa shape index (κ1) is 28.6. The fourth-order valence-electron chi connectivity index (χ4n) is 6.43. The molecular weight excluding hydrogens is 504 g/mol. The van der Waals surface area contributed by atoms with Gasteiger partial charge >= 0.3 is 0 Å². The summed E-state index contributed by atoms with van der Waals surface area (Å²) in [5, 5.41) is 20.2. The number of aliphatic hydroxyl groups excluding tert-OH is 1. The number of benzene rings is 1. The third-order valence-electron chi connectivity index (χ3n) is 8.73. The van der Waals surface area contributed by atoms with Crippen molar-refractivity contribution in [2.24, 2.45) is 5.73 Å². The number of anilines is 4. The van der Waals surface area contributed by atoms with E-state index in [1.807, 2.05) is 13.0 Å². The number of primary amides is 1. The van der Waals surface area contributed by atoms with E-state index in [-0.39, 0.29) is 17.8 Å². The van der Waals surface area contributed by atoms with Crippen LogP contribution in [0.5, 0.6) is 0 Å². The largest absolute Gasteiger partial charge is 0.393 e. The number of aryl methyl sites for hydroxylation is 2. The lowest BCUT2D eigenvalue weighted by molar-refractivity contribution is 0.0996. The van der Waals surface area contributed by atoms with Crippen LogP contribution in [0.2, 0.25) is 0 Å². The van der Waals surface area contributed by atoms with E-state index in [2.05, 4.69) is 49.8 Å². The number of rotatable bonds is 8. The minimum Gasteiger partial charge on any atom is -0.393 e. The molecule has 2 saturated heterocycles. The number of nitrogens with two attached hydrogens (primary N) is 1. The zero-order valence-corrected chi connectivity index (χ0v) is 24.1. The molecule has 10 nitrogen and oxygen atoms in total. The van der Waals surface area contributed by atoms with Crippen LogP contribution in [0.4, 0.5) is 23.0 Å². The second kappa shape index (κ2) is 13.1. The van der Waals surface area contributed by atoms with E-state index in [9.17, 15) is 9.90 Å². The Morgan fingerprint density at radius 1 is 1.05 bits per heavy atom. The third kappa shape index (κ3) is 6.85. The van der Waals surface area contributed by atoms with Crippen molar-refractivity contribution in [1.29, 1.82) is 0 Å². The molecule has 5 rings (SSSR count). The van der Waals surface area contributed by atoms with Crippen LogP contribution in [0.25, 0.3) is 0 Å². The second-order valence-electron chi connectivity index (χ2n) is 11.6. The summed E-state index contributed by atoms with van der Waals surface area (Å²) in [6.45, 7) is 10.8. The molecule has 0 bridgehead atoms. The minimum absolute atomic E-state index is 0.147. The van der Waals surface area contributed by atoms with Gasteiger partial charge in [0.15, 0.2) is 11.5 Å². The first-order chi connectivity index (χ1) is 19.4. The molecule has 3 aliphatic rings. The molecule has 2 aromatic rings. The van der Waals surface area contributed by atoms with E-state index in [1.165, 1.54) is 37.1 Å². The number of nitrogens with zero attached hydrogens (tertiary/aromatic N) is 4. The maximum Gasteiger partial charge on any atom is 0.271 e. The van der Waals surface area contributed by atoms with Gasteiger partial charge in [0.25, 0.3) is 5.91 Å². The van der Waals surface area contributed by atoms with Crippen molar-refractivity contribution in [2.45, 2.75) is 83.4 Å². The number of piperidine rings is 1. The monoisotopic (exact) mass is 550 g/mol. The van der Waals surface area contributed by atoms with Gasteiger partial charge in [0, 0.05) is 49.6 Å². The molecule has 3 fully saturated rings. The normalized spacial score (nSPS) is 23.0. The van der Waals surface area contributed by atoms with Crippen molar-refractivity contribution in [1.82, 2.24) is 20.2 Å². The average molecular weight is 551 g/mol. The number of aromatic nitrogens is 2. The molecule has 1 aromatic carbocycles. The number of carbonyl (C=O) groups is 1. The number of amides is 1. The highest BCUT2D eigenvalue weighted by atomic mass is 16.3. The fraction of sp³-hybridized carbons (Fsp3) is 0.633. The molecule has 10 heteroatoms. The van der Waals surface area contributed by atoms with Gasteiger partial charge in [0.2, 0.25) is 0 Å². The summed E-state index contributed by atoms with van der Waals surface area (Å²) in [5.41, 5.74) is 9.87. The molecule has 2 aliphatic heterocycles. The van der Waals surface area contributed by atoms with Crippen molar-refractivity contribution < 1.29 is 9.90 Å². The molecule has 0 radical (unpaired) electrons. The molecule has 1 aromatic heterocycles. The number of aliphatic hydroxyl groups is 1. The van der Waals surface area contributed by atoms with Crippen molar-refractivity contribution in [3.8, 4) is 0 Å². The molecule has 0 unspecified atom stereocenters. The molecule has 0 spiro atoms. The molecule has 6 N–H and O–H groups in total. The Balaban J connectivity index is 1.28. The highest BCUT2D eigenvalue weighted by Crippen LogP contribution is 2.31. The first-order valence-corrected chi connectivity index (χ1v) is 15.1. The van der Waals surface area contributed by atoms with Gasteiger partial charge in [-0.25, -0.2) is 9.97 Å². The van der Waals surface area contributed by atoms with Crippen LogP contribution in [-0.2, 0) is 6.42 Å². The highest BCUT2D eigenvalue weighted by Gasteiger charge is 2.26. The summed E-state index contributed by atoms with van der Waals surface area (Å²) in [7, 11) is 0. The lowest BCUT2D eigenvalue weighted by Crippen LogP contribution is -2.46. The van der Waals surface area contributed by atoms with Gasteiger partial charge in [-0.15, -0.1) is 0 Å². The lowest BCUT2D eigenvalue weighted by Gasteiger charge is -2.39. The van der Waals surface area contributed by atoms with Crippen molar-refractivity contribution in [3.05, 3.63) is 35.2 Å². The zero-order valence-electron chi connectivity index (χ0n) is 24.1. The van der Waals surface area contributed by atoms with E-state index < -0.39 is 5.91 Å². The van der Waals surface area contributed by atoms with Crippen LogP contribution in [0, 0.1) is 6.92 Å². The fourth-order valence-corrected chi connectivity index (χ4v) is 6.43. The number of carbonyl (C=O) groups excluding carboxylic acids is 1. The summed E-state index contributed by atoms with van der Waals surface area (Å²) in [6, 6.07) is 7.22. The topological polar surface area (TPSA) is 132 Å². The van der Waals surface area contributed by atoms with Crippen molar-refractivity contribution >= 4 is 28.9 Å². The second-order valence-corrected chi connectivity index (χ2v) is 11.6. The molecule has 218 valence electrons. The number of nitrogens with one attached hydrogen (secondary N) is 3. The Morgan fingerprint density at radius 3 is 2.52 bits per heavy atom. The maximum absolute atomic E-state index is 12.3. The maximum atomic E-state index is 12.3. The Labute approximate surface area is 238 Å². The SMILES string of the molecule is CCc1nc(C(N)=O)c(Nc2ccc(N3CCC(N4CCCNCC4)CC3)c(C)c2)nc1NC1CCC(O)CC1. The van der Waals surface area contributed by atoms with Crippen molar-refractivity contribution in [2.75, 3.05) is 54.8 Å². The van der Waals surface area contributed by atoms with Gasteiger partial charge in [0.1, 0.15) is 5.82 Å². The number of hydrogen-bond acceptors (Lipinski definition) is 9. The van der Waals surface area contributed by atoms with Gasteiger partial charge in [-0.2, -0.15) is 0 Å². The van der Waals surface area contributed by atoms with Gasteiger partial charge in [-0.3, -0.25) is 9.69 Å². The quantitative estimate of drug-likeness (QED) is 0.336. The summed E-state index contributed by atoms with van der Waals surface area (Å²) in [4.78, 5) is 26.9. The standard InChI is InChI=1S/C30H46N8O2/c1-3-25-29(33-21-5-8-24(39)9-6-21)36-30(27(35-25)28(31)40)34-22-7-10-26(20(2)19-22)38-16-11-23(12-17-38)37-15-4-13-32-14-18-37/h7,10,19,21,23-24,32,39H,3-6,8-9,11-18H2,1-2H3,(H2,31,40)(H2,33,34,36). The van der Waals surface area contributed by atoms with Crippen molar-refractivity contribution in [3.63, 3.8) is 0 Å². The van der Waals surface area contributed by atoms with Gasteiger partial charge in [-0.05, 0) is 95.1 Å². The Hall–Kier alpha value is -2.95. The number of hydrogen-bond donors (Lipinski definition) is 5. The van der Waals surface area contributed by atoms with Crippen LogP contribution in [0.3, 0.4) is 0 Å². The summed E-state index contributed by atoms with van der Waals surface area (Å²) < 4.78 is 0. The van der Waals surface area contributed by atoms with E-state index in [0.29, 0.717) is 24.1 Å². The predicted octanol–water partition coefficient (Wildman–Crippen LogP) is 3.17. The molecule has 1 saturated carbocycles. The van der Waals surface area contributed by atoms with Crippen LogP contribution in [-0.4, -0.2) is 83.3 Å². The smallest absolute Gasteiger partial charge is 0.271 e. The van der Waals surface area contributed by atoms with Crippen LogP contribution in [0.15, 0.2) is 18.2 Å². The summed E-state index contributed by atoms with van der Waals surface area (Å²) in [5.74, 6) is 0.434. The predicted molar refractivity (Wildman–Crippen MR) is 161 cm³/mol. The molecule has 1 aliphatic carbocycles. The molecule has 1 amide bonds. The highest BCUT2D eigenvalue weighted by molar-refractivity contribution is 5.96. The molecule has 40 heavy (non-hydrogen) atoms. The summed E-state index contributed by atoms with van der Waals surface area (Å²) in [6.07, 6.45) is 7.32. The first-order valence-electron chi connectivity index (χ1n) is 15.1. The average Bonchev–Trinajstić information content (AvgIpc) is 3.24. The molecule has 3 heterocycles. The van der Waals surface area contributed by atoms with Gasteiger partial charge in [-0.1, -0.05) is 6.92 Å². The summed E-state index contributed by atoms with van der Waals surface area (Å²) >= 11 is 0. The van der Waals surface area contributed by atoms with Gasteiger partial charge < -0.3 is 31.7 Å². The van der Waals surface area contributed by atoms with E-state index in [1.54, 1.807) is 0 Å². The van der Waals surface area contributed by atoms with Crippen LogP contribution >= 0.6 is 0 Å². The molecular formula is C30H46N8O2. The van der Waals surface area contributed by atoms with Gasteiger partial charge in [0.05, 0.1) is 11.8 Å².